The Hall–Kier alpha value is -0.420. The van der Waals surface area contributed by atoms with Crippen LogP contribution in [0.2, 0.25) is 0 Å². The Morgan fingerprint density at radius 2 is 2.27 bits per heavy atom. The fourth-order valence-electron chi connectivity index (χ4n) is 2.03. The highest BCUT2D eigenvalue weighted by Crippen LogP contribution is 2.31. The Balaban J connectivity index is 2.20. The van der Waals surface area contributed by atoms with E-state index in [0.717, 1.165) is 26.3 Å². The number of hydrogen-bond donors (Lipinski definition) is 1. The molecule has 0 bridgehead atoms. The molecule has 0 aromatic carbocycles. The van der Waals surface area contributed by atoms with Gasteiger partial charge in [-0.05, 0) is 18.4 Å². The standard InChI is InChI=1S/C11H18N2OS/c1-11(9-12,10-3-2-8-15-10)13-4-6-14-7-5-13/h2-3,8H,4-7,9,12H2,1H3/t11-/m0/s1. The van der Waals surface area contributed by atoms with E-state index in [4.69, 9.17) is 10.5 Å². The number of nitrogens with zero attached hydrogens (tertiary/aromatic N) is 1. The molecule has 0 aliphatic carbocycles. The average molecular weight is 226 g/mol. The van der Waals surface area contributed by atoms with Crippen molar-refractivity contribution in [1.82, 2.24) is 4.90 Å². The van der Waals surface area contributed by atoms with Crippen LogP contribution >= 0.6 is 11.3 Å². The highest BCUT2D eigenvalue weighted by atomic mass is 32.1. The molecule has 0 radical (unpaired) electrons. The van der Waals surface area contributed by atoms with Gasteiger partial charge in [0.15, 0.2) is 0 Å². The second kappa shape index (κ2) is 4.61. The molecule has 1 fully saturated rings. The predicted molar refractivity (Wildman–Crippen MR) is 63.1 cm³/mol. The van der Waals surface area contributed by atoms with Crippen LogP contribution in [0.1, 0.15) is 11.8 Å². The van der Waals surface area contributed by atoms with Crippen LogP contribution in [0.25, 0.3) is 0 Å². The summed E-state index contributed by atoms with van der Waals surface area (Å²) in [5, 5.41) is 2.11. The molecule has 84 valence electrons. The zero-order valence-corrected chi connectivity index (χ0v) is 9.93. The molecule has 2 heterocycles. The van der Waals surface area contributed by atoms with Gasteiger partial charge in [-0.2, -0.15) is 0 Å². The number of thiophene rings is 1. The van der Waals surface area contributed by atoms with Crippen molar-refractivity contribution in [2.75, 3.05) is 32.8 Å². The molecule has 15 heavy (non-hydrogen) atoms. The third-order valence-electron chi connectivity index (χ3n) is 3.16. The molecule has 0 spiro atoms. The van der Waals surface area contributed by atoms with Crippen molar-refractivity contribution in [3.8, 4) is 0 Å². The van der Waals surface area contributed by atoms with Gasteiger partial charge < -0.3 is 10.5 Å². The first-order valence-electron chi connectivity index (χ1n) is 5.34. The van der Waals surface area contributed by atoms with Crippen LogP contribution in [0.4, 0.5) is 0 Å². The number of hydrogen-bond acceptors (Lipinski definition) is 4. The maximum absolute atomic E-state index is 5.95. The van der Waals surface area contributed by atoms with Gasteiger partial charge >= 0.3 is 0 Å². The number of rotatable bonds is 3. The molecule has 2 N–H and O–H groups in total. The summed E-state index contributed by atoms with van der Waals surface area (Å²) >= 11 is 1.79. The maximum atomic E-state index is 5.95. The van der Waals surface area contributed by atoms with Gasteiger partial charge in [-0.3, -0.25) is 4.90 Å². The van der Waals surface area contributed by atoms with E-state index in [2.05, 4.69) is 29.3 Å². The summed E-state index contributed by atoms with van der Waals surface area (Å²) in [6.45, 7) is 6.48. The minimum atomic E-state index is -0.0159. The first-order chi connectivity index (χ1) is 7.27. The first-order valence-corrected chi connectivity index (χ1v) is 6.22. The molecule has 1 aliphatic heterocycles. The molecule has 2 rings (SSSR count). The van der Waals surface area contributed by atoms with E-state index in [1.165, 1.54) is 4.88 Å². The second-order valence-corrected chi connectivity index (χ2v) is 5.00. The van der Waals surface area contributed by atoms with Gasteiger partial charge in [0, 0.05) is 24.5 Å². The topological polar surface area (TPSA) is 38.5 Å². The van der Waals surface area contributed by atoms with Gasteiger partial charge in [-0.25, -0.2) is 0 Å². The zero-order chi connectivity index (χ0) is 10.7. The maximum Gasteiger partial charge on any atom is 0.0650 e. The monoisotopic (exact) mass is 226 g/mol. The largest absolute Gasteiger partial charge is 0.379 e. The molecular formula is C11H18N2OS. The van der Waals surface area contributed by atoms with Crippen molar-refractivity contribution in [3.05, 3.63) is 22.4 Å². The lowest BCUT2D eigenvalue weighted by Gasteiger charge is -2.42. The van der Waals surface area contributed by atoms with Gasteiger partial charge in [0.25, 0.3) is 0 Å². The van der Waals surface area contributed by atoms with Crippen LogP contribution in [0.5, 0.6) is 0 Å². The molecule has 4 heteroatoms. The van der Waals surface area contributed by atoms with Crippen molar-refractivity contribution in [2.24, 2.45) is 5.73 Å². The van der Waals surface area contributed by atoms with Gasteiger partial charge in [-0.1, -0.05) is 6.07 Å². The van der Waals surface area contributed by atoms with E-state index >= 15 is 0 Å². The molecule has 1 atom stereocenters. The van der Waals surface area contributed by atoms with Crippen LogP contribution in [-0.2, 0) is 10.3 Å². The lowest BCUT2D eigenvalue weighted by molar-refractivity contribution is -0.0140. The van der Waals surface area contributed by atoms with Crippen molar-refractivity contribution in [3.63, 3.8) is 0 Å². The lowest BCUT2D eigenvalue weighted by atomic mass is 9.97. The van der Waals surface area contributed by atoms with Crippen LogP contribution in [0, 0.1) is 0 Å². The van der Waals surface area contributed by atoms with Gasteiger partial charge in [0.2, 0.25) is 0 Å². The Bertz CT molecular complexity index is 296. The van der Waals surface area contributed by atoms with E-state index in [0.29, 0.717) is 6.54 Å². The molecular weight excluding hydrogens is 208 g/mol. The summed E-state index contributed by atoms with van der Waals surface area (Å²) in [5.74, 6) is 0. The van der Waals surface area contributed by atoms with Gasteiger partial charge in [0.1, 0.15) is 0 Å². The van der Waals surface area contributed by atoms with E-state index in [1.807, 2.05) is 0 Å². The SMILES string of the molecule is C[C@](CN)(c1cccs1)N1CCOCC1. The third-order valence-corrected chi connectivity index (χ3v) is 4.28. The smallest absolute Gasteiger partial charge is 0.0650 e. The van der Waals surface area contributed by atoms with E-state index in [9.17, 15) is 0 Å². The van der Waals surface area contributed by atoms with E-state index in [1.54, 1.807) is 11.3 Å². The van der Waals surface area contributed by atoms with Gasteiger partial charge in [-0.15, -0.1) is 11.3 Å². The molecule has 0 unspecified atom stereocenters. The number of nitrogens with two attached hydrogens (primary N) is 1. The minimum Gasteiger partial charge on any atom is -0.379 e. The predicted octanol–water partition coefficient (Wildman–Crippen LogP) is 1.25. The summed E-state index contributed by atoms with van der Waals surface area (Å²) in [6, 6.07) is 4.27. The number of morpholine rings is 1. The van der Waals surface area contributed by atoms with Crippen molar-refractivity contribution in [1.29, 1.82) is 0 Å². The normalized spacial score (nSPS) is 22.5. The lowest BCUT2D eigenvalue weighted by Crippen LogP contribution is -2.53. The minimum absolute atomic E-state index is 0.0159. The molecule has 0 amide bonds. The highest BCUT2D eigenvalue weighted by Gasteiger charge is 2.34. The summed E-state index contributed by atoms with van der Waals surface area (Å²) in [5.41, 5.74) is 5.94. The van der Waals surface area contributed by atoms with Crippen LogP contribution in [0.15, 0.2) is 17.5 Å². The first kappa shape index (κ1) is 11.1. The quantitative estimate of drug-likeness (QED) is 0.843. The molecule has 1 aromatic rings. The molecule has 0 saturated carbocycles. The summed E-state index contributed by atoms with van der Waals surface area (Å²) in [6.07, 6.45) is 0. The molecule has 1 aliphatic rings. The number of ether oxygens (including phenoxy) is 1. The van der Waals surface area contributed by atoms with Crippen LogP contribution in [0.3, 0.4) is 0 Å². The Kier molecular flexibility index (Phi) is 3.41. The molecule has 3 nitrogen and oxygen atoms in total. The third kappa shape index (κ3) is 2.08. The summed E-state index contributed by atoms with van der Waals surface area (Å²) in [7, 11) is 0. The van der Waals surface area contributed by atoms with Crippen molar-refractivity contribution >= 4 is 11.3 Å². The van der Waals surface area contributed by atoms with Gasteiger partial charge in [0.05, 0.1) is 18.8 Å². The average Bonchev–Trinajstić information content (AvgIpc) is 2.83. The van der Waals surface area contributed by atoms with E-state index in [-0.39, 0.29) is 5.54 Å². The fourth-order valence-corrected chi connectivity index (χ4v) is 2.95. The van der Waals surface area contributed by atoms with E-state index < -0.39 is 0 Å². The summed E-state index contributed by atoms with van der Waals surface area (Å²) in [4.78, 5) is 3.79. The molecule has 1 saturated heterocycles. The Morgan fingerprint density at radius 1 is 1.53 bits per heavy atom. The highest BCUT2D eigenvalue weighted by molar-refractivity contribution is 7.10. The van der Waals surface area contributed by atoms with Crippen molar-refractivity contribution < 1.29 is 4.74 Å². The van der Waals surface area contributed by atoms with Crippen LogP contribution < -0.4 is 5.73 Å². The van der Waals surface area contributed by atoms with Crippen molar-refractivity contribution in [2.45, 2.75) is 12.5 Å². The fraction of sp³-hybridized carbons (Fsp3) is 0.636. The Labute approximate surface area is 94.8 Å². The second-order valence-electron chi connectivity index (χ2n) is 4.05. The zero-order valence-electron chi connectivity index (χ0n) is 9.11. The molecule has 1 aromatic heterocycles. The van der Waals surface area contributed by atoms with Crippen LogP contribution in [-0.4, -0.2) is 37.7 Å². The Morgan fingerprint density at radius 3 is 2.80 bits per heavy atom. The summed E-state index contributed by atoms with van der Waals surface area (Å²) < 4.78 is 5.38.